The molecule has 1 aromatic heterocycles. The topological polar surface area (TPSA) is 40.2 Å². The van der Waals surface area contributed by atoms with Gasteiger partial charge in [-0.3, -0.25) is 0 Å². The molecular formula is C22H32BrN3O. The number of aromatic nitrogens is 2. The second-order valence-corrected chi connectivity index (χ2v) is 7.36. The average Bonchev–Trinajstić information content (AvgIpc) is 2.97. The summed E-state index contributed by atoms with van der Waals surface area (Å²) in [6, 6.07) is 11.9. The van der Waals surface area contributed by atoms with Crippen LogP contribution in [0.4, 0.5) is 5.95 Å². The third kappa shape index (κ3) is 5.29. The Hall–Kier alpha value is -1.46. The van der Waals surface area contributed by atoms with Crippen molar-refractivity contribution in [1.29, 1.82) is 0 Å². The van der Waals surface area contributed by atoms with Crippen LogP contribution in [0.2, 0.25) is 0 Å². The van der Waals surface area contributed by atoms with E-state index in [4.69, 9.17) is 0 Å². The fourth-order valence-electron chi connectivity index (χ4n) is 3.87. The first-order chi connectivity index (χ1) is 12.8. The van der Waals surface area contributed by atoms with Crippen LogP contribution in [0.3, 0.4) is 0 Å². The number of aliphatic hydroxyl groups is 1. The summed E-state index contributed by atoms with van der Waals surface area (Å²) in [6.07, 6.45) is 14.1. The van der Waals surface area contributed by atoms with Crippen molar-refractivity contribution in [3.8, 4) is 0 Å². The molecule has 1 aliphatic rings. The Bertz CT molecular complexity index is 682. The van der Waals surface area contributed by atoms with Gasteiger partial charge in [-0.2, -0.15) is 0 Å². The van der Waals surface area contributed by atoms with E-state index in [0.29, 0.717) is 6.54 Å². The van der Waals surface area contributed by atoms with Gasteiger partial charge in [-0.05, 0) is 6.42 Å². The van der Waals surface area contributed by atoms with Crippen molar-refractivity contribution in [3.63, 3.8) is 0 Å². The maximum atomic E-state index is 11.5. The van der Waals surface area contributed by atoms with Crippen molar-refractivity contribution in [2.75, 3.05) is 11.4 Å². The fraction of sp³-hybridized carbons (Fsp3) is 0.545. The zero-order chi connectivity index (χ0) is 18.2. The van der Waals surface area contributed by atoms with Gasteiger partial charge in [-0.15, -0.1) is 0 Å². The predicted octanol–water partition coefficient (Wildman–Crippen LogP) is 1.18. The molecule has 2 aromatic rings. The van der Waals surface area contributed by atoms with Crippen LogP contribution >= 0.6 is 0 Å². The van der Waals surface area contributed by atoms with Gasteiger partial charge in [-0.25, -0.2) is 9.47 Å². The van der Waals surface area contributed by atoms with Gasteiger partial charge in [0, 0.05) is 11.6 Å². The molecule has 5 heteroatoms. The lowest BCUT2D eigenvalue weighted by atomic mass is 10.0. The SMILES string of the molecule is CCCCCCCCCCN1c2nccc[n+]2C[C@@]1(O)c1ccccc1.[Br-]. The molecule has 0 unspecified atom stereocenters. The Kier molecular flexibility index (Phi) is 8.71. The molecule has 0 saturated carbocycles. The molecule has 0 radical (unpaired) electrons. The molecule has 0 fully saturated rings. The van der Waals surface area contributed by atoms with E-state index in [9.17, 15) is 5.11 Å². The number of fused-ring (bicyclic) bond motifs is 1. The summed E-state index contributed by atoms with van der Waals surface area (Å²) < 4.78 is 2.05. The Morgan fingerprint density at radius 3 is 2.37 bits per heavy atom. The lowest BCUT2D eigenvalue weighted by Crippen LogP contribution is -3.00. The van der Waals surface area contributed by atoms with Gasteiger partial charge in [0.1, 0.15) is 12.7 Å². The Morgan fingerprint density at radius 2 is 1.67 bits per heavy atom. The first-order valence-corrected chi connectivity index (χ1v) is 10.2. The lowest BCUT2D eigenvalue weighted by molar-refractivity contribution is -0.685. The average molecular weight is 434 g/mol. The highest BCUT2D eigenvalue weighted by molar-refractivity contribution is 5.37. The first-order valence-electron chi connectivity index (χ1n) is 10.2. The van der Waals surface area contributed by atoms with E-state index in [-0.39, 0.29) is 17.0 Å². The van der Waals surface area contributed by atoms with E-state index in [1.54, 1.807) is 0 Å². The zero-order valence-electron chi connectivity index (χ0n) is 16.4. The molecule has 0 saturated heterocycles. The van der Waals surface area contributed by atoms with Gasteiger partial charge in [0.15, 0.2) is 0 Å². The van der Waals surface area contributed by atoms with Gasteiger partial charge in [0.05, 0.1) is 12.7 Å². The maximum Gasteiger partial charge on any atom is 0.396 e. The van der Waals surface area contributed by atoms with Gasteiger partial charge in [0.2, 0.25) is 5.72 Å². The molecule has 0 spiro atoms. The third-order valence-electron chi connectivity index (χ3n) is 5.35. The van der Waals surface area contributed by atoms with E-state index < -0.39 is 5.72 Å². The predicted molar refractivity (Wildman–Crippen MR) is 105 cm³/mol. The second-order valence-electron chi connectivity index (χ2n) is 7.36. The van der Waals surface area contributed by atoms with Crippen molar-refractivity contribution in [1.82, 2.24) is 4.98 Å². The van der Waals surface area contributed by atoms with Crippen molar-refractivity contribution < 1.29 is 26.7 Å². The Balaban J connectivity index is 0.00000261. The summed E-state index contributed by atoms with van der Waals surface area (Å²) >= 11 is 0. The van der Waals surface area contributed by atoms with Crippen LogP contribution in [-0.2, 0) is 12.3 Å². The molecule has 0 bridgehead atoms. The minimum Gasteiger partial charge on any atom is -1.00 e. The smallest absolute Gasteiger partial charge is 0.396 e. The highest BCUT2D eigenvalue weighted by Crippen LogP contribution is 2.33. The number of unbranched alkanes of at least 4 members (excludes halogenated alkanes) is 7. The highest BCUT2D eigenvalue weighted by atomic mass is 79.9. The van der Waals surface area contributed by atoms with E-state index >= 15 is 0 Å². The maximum absolute atomic E-state index is 11.5. The van der Waals surface area contributed by atoms with E-state index in [0.717, 1.165) is 24.5 Å². The van der Waals surface area contributed by atoms with Crippen LogP contribution in [0.1, 0.15) is 63.9 Å². The van der Waals surface area contributed by atoms with Crippen LogP contribution in [0.15, 0.2) is 48.8 Å². The van der Waals surface area contributed by atoms with E-state index in [2.05, 4.69) is 21.4 Å². The number of benzene rings is 1. The lowest BCUT2D eigenvalue weighted by Gasteiger charge is -2.28. The number of hydrogen-bond acceptors (Lipinski definition) is 3. The highest BCUT2D eigenvalue weighted by Gasteiger charge is 2.50. The van der Waals surface area contributed by atoms with Crippen LogP contribution in [0.5, 0.6) is 0 Å². The first kappa shape index (κ1) is 21.8. The fourth-order valence-corrected chi connectivity index (χ4v) is 3.87. The number of anilines is 1. The molecule has 1 atom stereocenters. The van der Waals surface area contributed by atoms with Crippen molar-refractivity contribution in [2.24, 2.45) is 0 Å². The molecule has 2 heterocycles. The second kappa shape index (κ2) is 10.8. The van der Waals surface area contributed by atoms with Gasteiger partial charge in [-0.1, -0.05) is 87.2 Å². The molecule has 1 N–H and O–H groups in total. The van der Waals surface area contributed by atoms with Crippen LogP contribution in [-0.4, -0.2) is 16.6 Å². The van der Waals surface area contributed by atoms with Gasteiger partial charge in [0.25, 0.3) is 0 Å². The van der Waals surface area contributed by atoms with Crippen molar-refractivity contribution >= 4 is 5.95 Å². The minimum atomic E-state index is -1.01. The standard InChI is InChI=1S/C22H32N3O.BrH/c1-2-3-4-5-6-7-8-12-18-25-21-23-16-13-17-24(21)19-22(25,26)20-14-10-9-11-15-20;/h9-11,13-17,26H,2-8,12,18-19H2,1H3;1H/q+1;/p-1/t22-;/m1./s1. The quantitative estimate of drug-likeness (QED) is 0.451. The molecule has 3 rings (SSSR count). The van der Waals surface area contributed by atoms with Crippen molar-refractivity contribution in [3.05, 3.63) is 54.4 Å². The summed E-state index contributed by atoms with van der Waals surface area (Å²) in [6.45, 7) is 3.61. The number of nitrogens with zero attached hydrogens (tertiary/aromatic N) is 3. The number of rotatable bonds is 10. The Labute approximate surface area is 174 Å². The zero-order valence-corrected chi connectivity index (χ0v) is 17.9. The molecule has 27 heavy (non-hydrogen) atoms. The summed E-state index contributed by atoms with van der Waals surface area (Å²) in [7, 11) is 0. The van der Waals surface area contributed by atoms with Gasteiger partial charge >= 0.3 is 5.95 Å². The van der Waals surface area contributed by atoms with Crippen LogP contribution in [0, 0.1) is 0 Å². The largest absolute Gasteiger partial charge is 1.00 e. The monoisotopic (exact) mass is 433 g/mol. The summed E-state index contributed by atoms with van der Waals surface area (Å²) in [5, 5.41) is 11.5. The van der Waals surface area contributed by atoms with E-state index in [1.165, 1.54) is 44.9 Å². The normalized spacial score (nSPS) is 18.2. The molecule has 4 nitrogen and oxygen atoms in total. The molecule has 1 aliphatic heterocycles. The van der Waals surface area contributed by atoms with Gasteiger partial charge < -0.3 is 22.1 Å². The molecule has 0 aliphatic carbocycles. The molecular weight excluding hydrogens is 402 g/mol. The van der Waals surface area contributed by atoms with Crippen LogP contribution < -0.4 is 26.4 Å². The number of hydrogen-bond donors (Lipinski definition) is 1. The minimum absolute atomic E-state index is 0. The number of halogens is 1. The van der Waals surface area contributed by atoms with Crippen molar-refractivity contribution in [2.45, 2.75) is 70.6 Å². The van der Waals surface area contributed by atoms with Crippen LogP contribution in [0.25, 0.3) is 0 Å². The summed E-state index contributed by atoms with van der Waals surface area (Å²) in [5.41, 5.74) is -0.0749. The summed E-state index contributed by atoms with van der Waals surface area (Å²) in [4.78, 5) is 6.62. The molecule has 148 valence electrons. The molecule has 0 amide bonds. The summed E-state index contributed by atoms with van der Waals surface area (Å²) in [5.74, 6) is 0.863. The Morgan fingerprint density at radius 1 is 1.00 bits per heavy atom. The molecule has 1 aromatic carbocycles. The third-order valence-corrected chi connectivity index (χ3v) is 5.35. The van der Waals surface area contributed by atoms with E-state index in [1.807, 2.05) is 48.8 Å².